The Morgan fingerprint density at radius 3 is 2.40 bits per heavy atom. The number of carbonyl (C=O) groups is 1. The summed E-state index contributed by atoms with van der Waals surface area (Å²) >= 11 is 0. The molecule has 0 fully saturated rings. The number of aromatic nitrogens is 1. The number of rotatable bonds is 10. The van der Waals surface area contributed by atoms with Crippen LogP contribution in [0.5, 0.6) is 17.2 Å². The zero-order valence-corrected chi connectivity index (χ0v) is 17.4. The van der Waals surface area contributed by atoms with Gasteiger partial charge in [-0.25, -0.2) is 0 Å². The third kappa shape index (κ3) is 5.76. The van der Waals surface area contributed by atoms with Crippen LogP contribution in [-0.4, -0.2) is 30.8 Å². The second-order valence-corrected chi connectivity index (χ2v) is 6.63. The summed E-state index contributed by atoms with van der Waals surface area (Å²) in [6, 6.07) is 14.4. The summed E-state index contributed by atoms with van der Waals surface area (Å²) in [4.78, 5) is 12.4. The van der Waals surface area contributed by atoms with Crippen LogP contribution in [0.4, 0.5) is 0 Å². The molecular formula is C23H26N2O5. The maximum absolute atomic E-state index is 12.4. The van der Waals surface area contributed by atoms with Crippen LogP contribution in [0.3, 0.4) is 0 Å². The van der Waals surface area contributed by atoms with Crippen molar-refractivity contribution in [2.24, 2.45) is 0 Å². The van der Waals surface area contributed by atoms with Crippen molar-refractivity contribution in [3.8, 4) is 17.2 Å². The van der Waals surface area contributed by atoms with Gasteiger partial charge in [0.25, 0.3) is 5.91 Å². The Hall–Kier alpha value is -3.48. The minimum atomic E-state index is -0.187. The van der Waals surface area contributed by atoms with E-state index in [4.69, 9.17) is 18.7 Å². The molecule has 158 valence electrons. The van der Waals surface area contributed by atoms with E-state index in [0.29, 0.717) is 37.7 Å². The molecule has 0 spiro atoms. The second-order valence-electron chi connectivity index (χ2n) is 6.63. The third-order valence-electron chi connectivity index (χ3n) is 4.45. The Bertz CT molecular complexity index is 946. The molecule has 7 heteroatoms. The lowest BCUT2D eigenvalue weighted by molar-refractivity contribution is 0.0946. The second kappa shape index (κ2) is 10.3. The molecule has 1 heterocycles. The fraction of sp³-hybridized carbons (Fsp3) is 0.304. The van der Waals surface area contributed by atoms with E-state index in [1.807, 2.05) is 51.1 Å². The van der Waals surface area contributed by atoms with Gasteiger partial charge in [-0.1, -0.05) is 11.2 Å². The first-order chi connectivity index (χ1) is 14.6. The van der Waals surface area contributed by atoms with E-state index < -0.39 is 0 Å². The molecule has 7 nitrogen and oxygen atoms in total. The van der Waals surface area contributed by atoms with Gasteiger partial charge in [0.05, 0.1) is 24.4 Å². The lowest BCUT2D eigenvalue weighted by atomic mass is 10.2. The molecule has 0 radical (unpaired) electrons. The molecule has 0 bridgehead atoms. The SMILES string of the molecule is CCOc1ccc(OCCNC(=O)c2cccc(OCc3c(C)noc3C)c2)cc1. The Kier molecular flexibility index (Phi) is 7.32. The number of benzene rings is 2. The van der Waals surface area contributed by atoms with Crippen LogP contribution in [-0.2, 0) is 6.61 Å². The lowest BCUT2D eigenvalue weighted by Crippen LogP contribution is -2.28. The topological polar surface area (TPSA) is 82.8 Å². The quantitative estimate of drug-likeness (QED) is 0.507. The summed E-state index contributed by atoms with van der Waals surface area (Å²) in [6.07, 6.45) is 0. The van der Waals surface area contributed by atoms with Crippen molar-refractivity contribution in [1.29, 1.82) is 0 Å². The maximum Gasteiger partial charge on any atom is 0.251 e. The van der Waals surface area contributed by atoms with E-state index in [-0.39, 0.29) is 5.91 Å². The molecule has 1 N–H and O–H groups in total. The van der Waals surface area contributed by atoms with Crippen LogP contribution < -0.4 is 19.5 Å². The minimum Gasteiger partial charge on any atom is -0.494 e. The average Bonchev–Trinajstić information content (AvgIpc) is 3.08. The van der Waals surface area contributed by atoms with Crippen molar-refractivity contribution >= 4 is 5.91 Å². The molecule has 0 aliphatic rings. The molecule has 1 aromatic heterocycles. The number of amides is 1. The largest absolute Gasteiger partial charge is 0.494 e. The van der Waals surface area contributed by atoms with Gasteiger partial charge < -0.3 is 24.1 Å². The predicted octanol–water partition coefficient (Wildman–Crippen LogP) is 4.08. The first-order valence-electron chi connectivity index (χ1n) is 9.85. The summed E-state index contributed by atoms with van der Waals surface area (Å²) in [5.41, 5.74) is 2.23. The maximum atomic E-state index is 12.4. The van der Waals surface area contributed by atoms with Crippen molar-refractivity contribution < 1.29 is 23.5 Å². The van der Waals surface area contributed by atoms with Gasteiger partial charge in [0, 0.05) is 5.56 Å². The Labute approximate surface area is 175 Å². The van der Waals surface area contributed by atoms with Gasteiger partial charge >= 0.3 is 0 Å². The zero-order chi connectivity index (χ0) is 21.3. The van der Waals surface area contributed by atoms with E-state index in [1.54, 1.807) is 18.2 Å². The highest BCUT2D eigenvalue weighted by Crippen LogP contribution is 2.19. The fourth-order valence-electron chi connectivity index (χ4n) is 2.82. The van der Waals surface area contributed by atoms with Gasteiger partial charge in [-0.15, -0.1) is 0 Å². The van der Waals surface area contributed by atoms with Gasteiger partial charge in [0.15, 0.2) is 0 Å². The van der Waals surface area contributed by atoms with Crippen molar-refractivity contribution in [2.75, 3.05) is 19.8 Å². The first-order valence-corrected chi connectivity index (χ1v) is 9.85. The summed E-state index contributed by atoms with van der Waals surface area (Å²) < 4.78 is 22.0. The molecule has 1 amide bonds. The molecule has 0 atom stereocenters. The number of nitrogens with one attached hydrogen (secondary N) is 1. The highest BCUT2D eigenvalue weighted by molar-refractivity contribution is 5.94. The van der Waals surface area contributed by atoms with Crippen LogP contribution >= 0.6 is 0 Å². The summed E-state index contributed by atoms with van der Waals surface area (Å²) in [5.74, 6) is 2.67. The molecule has 0 aliphatic heterocycles. The van der Waals surface area contributed by atoms with Gasteiger partial charge in [-0.2, -0.15) is 0 Å². The van der Waals surface area contributed by atoms with Crippen LogP contribution in [0.25, 0.3) is 0 Å². The van der Waals surface area contributed by atoms with Crippen LogP contribution in [0, 0.1) is 13.8 Å². The Balaban J connectivity index is 1.45. The molecule has 0 saturated carbocycles. The molecule has 0 saturated heterocycles. The molecule has 3 aromatic rings. The van der Waals surface area contributed by atoms with E-state index in [0.717, 1.165) is 28.5 Å². The van der Waals surface area contributed by atoms with Crippen molar-refractivity contribution in [2.45, 2.75) is 27.4 Å². The van der Waals surface area contributed by atoms with Crippen LogP contribution in [0.15, 0.2) is 53.1 Å². The number of carbonyl (C=O) groups excluding carboxylic acids is 1. The number of ether oxygens (including phenoxy) is 3. The summed E-state index contributed by atoms with van der Waals surface area (Å²) in [6.45, 7) is 7.36. The number of aryl methyl sites for hydroxylation is 2. The molecule has 3 rings (SSSR count). The third-order valence-corrected chi connectivity index (χ3v) is 4.45. The monoisotopic (exact) mass is 410 g/mol. The standard InChI is InChI=1S/C23H26N2O5/c1-4-27-19-8-10-20(11-9-19)28-13-12-24-23(26)18-6-5-7-21(14-18)29-15-22-16(2)25-30-17(22)3/h5-11,14H,4,12-13,15H2,1-3H3,(H,24,26). The molecule has 30 heavy (non-hydrogen) atoms. The Morgan fingerprint density at radius 2 is 1.73 bits per heavy atom. The highest BCUT2D eigenvalue weighted by atomic mass is 16.5. The smallest absolute Gasteiger partial charge is 0.251 e. The summed E-state index contributed by atoms with van der Waals surface area (Å²) in [7, 11) is 0. The highest BCUT2D eigenvalue weighted by Gasteiger charge is 2.11. The van der Waals surface area contributed by atoms with E-state index in [9.17, 15) is 4.79 Å². The van der Waals surface area contributed by atoms with Gasteiger partial charge in [-0.05, 0) is 63.2 Å². The van der Waals surface area contributed by atoms with Gasteiger partial charge in [-0.3, -0.25) is 4.79 Å². The number of hydrogen-bond acceptors (Lipinski definition) is 6. The number of nitrogens with zero attached hydrogens (tertiary/aromatic N) is 1. The molecule has 2 aromatic carbocycles. The molecule has 0 unspecified atom stereocenters. The number of hydrogen-bond donors (Lipinski definition) is 1. The van der Waals surface area contributed by atoms with E-state index >= 15 is 0 Å². The molecular weight excluding hydrogens is 384 g/mol. The predicted molar refractivity (Wildman–Crippen MR) is 112 cm³/mol. The summed E-state index contributed by atoms with van der Waals surface area (Å²) in [5, 5.41) is 6.76. The van der Waals surface area contributed by atoms with E-state index in [1.165, 1.54) is 0 Å². The zero-order valence-electron chi connectivity index (χ0n) is 17.4. The van der Waals surface area contributed by atoms with Crippen molar-refractivity contribution in [3.63, 3.8) is 0 Å². The fourth-order valence-corrected chi connectivity index (χ4v) is 2.82. The first kappa shape index (κ1) is 21.2. The van der Waals surface area contributed by atoms with E-state index in [2.05, 4.69) is 10.5 Å². The Morgan fingerprint density at radius 1 is 1.00 bits per heavy atom. The molecule has 0 aliphatic carbocycles. The van der Waals surface area contributed by atoms with Gasteiger partial charge in [0.2, 0.25) is 0 Å². The normalized spacial score (nSPS) is 10.5. The average molecular weight is 410 g/mol. The minimum absolute atomic E-state index is 0.187. The van der Waals surface area contributed by atoms with Crippen LogP contribution in [0.2, 0.25) is 0 Å². The van der Waals surface area contributed by atoms with Gasteiger partial charge in [0.1, 0.15) is 36.2 Å². The lowest BCUT2D eigenvalue weighted by Gasteiger charge is -2.10. The van der Waals surface area contributed by atoms with Crippen molar-refractivity contribution in [3.05, 3.63) is 71.1 Å². The van der Waals surface area contributed by atoms with Crippen LogP contribution in [0.1, 0.15) is 34.3 Å². The van der Waals surface area contributed by atoms with Crippen molar-refractivity contribution in [1.82, 2.24) is 10.5 Å².